The molecule has 0 aliphatic carbocycles. The molecule has 0 saturated heterocycles. The van der Waals surface area contributed by atoms with E-state index in [2.05, 4.69) is 17.2 Å². The Morgan fingerprint density at radius 1 is 1.33 bits per heavy atom. The zero-order valence-electron chi connectivity index (χ0n) is 10.8. The first-order chi connectivity index (χ1) is 10.1. The summed E-state index contributed by atoms with van der Waals surface area (Å²) in [7, 11) is 0. The van der Waals surface area contributed by atoms with Gasteiger partial charge in [-0.25, -0.2) is 0 Å². The Bertz CT molecular complexity index is 716. The molecule has 3 nitrogen and oxygen atoms in total. The maximum Gasteiger partial charge on any atom is 0.267 e. The maximum atomic E-state index is 12.3. The van der Waals surface area contributed by atoms with Crippen LogP contribution >= 0.6 is 34.5 Å². The zero-order valence-corrected chi connectivity index (χ0v) is 13.1. The summed E-state index contributed by atoms with van der Waals surface area (Å²) in [5, 5.41) is 13.9. The van der Waals surface area contributed by atoms with E-state index in [9.17, 15) is 4.79 Å². The van der Waals surface area contributed by atoms with Crippen molar-refractivity contribution in [1.29, 1.82) is 0 Å². The fraction of sp³-hybridized carbons (Fsp3) is 0.133. The van der Waals surface area contributed by atoms with Crippen molar-refractivity contribution in [3.05, 3.63) is 50.1 Å². The number of halogens is 2. The Hall–Kier alpha value is -1.51. The van der Waals surface area contributed by atoms with Gasteiger partial charge < -0.3 is 10.4 Å². The Labute approximate surface area is 136 Å². The topological polar surface area (TPSA) is 49.3 Å². The minimum absolute atomic E-state index is 0.00319. The van der Waals surface area contributed by atoms with Gasteiger partial charge in [0, 0.05) is 12.0 Å². The summed E-state index contributed by atoms with van der Waals surface area (Å²) in [6.07, 6.45) is 0.372. The second-order valence-electron chi connectivity index (χ2n) is 3.99. The lowest BCUT2D eigenvalue weighted by Crippen LogP contribution is -2.11. The second kappa shape index (κ2) is 7.48. The standard InChI is InChI=1S/C15H11Cl2NO2S/c16-11-5-3-6-12(13(11)17)18-15(20)14-10(7-9-21-14)4-1-2-8-19/h3,5-7,9,19H,2,8H2,(H,18,20). The van der Waals surface area contributed by atoms with Crippen molar-refractivity contribution in [3.8, 4) is 11.8 Å². The van der Waals surface area contributed by atoms with Gasteiger partial charge in [0.05, 0.1) is 22.3 Å². The van der Waals surface area contributed by atoms with E-state index >= 15 is 0 Å². The van der Waals surface area contributed by atoms with Gasteiger partial charge >= 0.3 is 0 Å². The monoisotopic (exact) mass is 339 g/mol. The van der Waals surface area contributed by atoms with Gasteiger partial charge in [-0.1, -0.05) is 41.1 Å². The molecular formula is C15H11Cl2NO2S. The number of thiophene rings is 1. The molecule has 21 heavy (non-hydrogen) atoms. The van der Waals surface area contributed by atoms with Crippen molar-refractivity contribution >= 4 is 46.1 Å². The van der Waals surface area contributed by atoms with Gasteiger partial charge in [0.25, 0.3) is 5.91 Å². The fourth-order valence-electron chi connectivity index (χ4n) is 1.58. The van der Waals surface area contributed by atoms with E-state index in [4.69, 9.17) is 28.3 Å². The van der Waals surface area contributed by atoms with Gasteiger partial charge in [-0.2, -0.15) is 0 Å². The molecule has 2 N–H and O–H groups in total. The highest BCUT2D eigenvalue weighted by molar-refractivity contribution is 7.12. The van der Waals surface area contributed by atoms with Crippen LogP contribution in [0, 0.1) is 11.8 Å². The van der Waals surface area contributed by atoms with Crippen molar-refractivity contribution < 1.29 is 9.90 Å². The number of anilines is 1. The van der Waals surface area contributed by atoms with Gasteiger partial charge in [-0.15, -0.1) is 11.3 Å². The number of rotatable bonds is 3. The van der Waals surface area contributed by atoms with Gasteiger partial charge in [0.15, 0.2) is 0 Å². The number of hydrogen-bond acceptors (Lipinski definition) is 3. The van der Waals surface area contributed by atoms with Crippen molar-refractivity contribution in [2.45, 2.75) is 6.42 Å². The lowest BCUT2D eigenvalue weighted by molar-refractivity contribution is 0.103. The molecule has 1 aromatic carbocycles. The predicted molar refractivity (Wildman–Crippen MR) is 87.3 cm³/mol. The predicted octanol–water partition coefficient (Wildman–Crippen LogP) is 4.04. The highest BCUT2D eigenvalue weighted by Crippen LogP contribution is 2.30. The first-order valence-corrected chi connectivity index (χ1v) is 7.69. The Morgan fingerprint density at radius 2 is 2.14 bits per heavy atom. The minimum Gasteiger partial charge on any atom is -0.395 e. The Morgan fingerprint density at radius 3 is 2.90 bits per heavy atom. The van der Waals surface area contributed by atoms with Crippen LogP contribution in [0.5, 0.6) is 0 Å². The number of carbonyl (C=O) groups excluding carboxylic acids is 1. The van der Waals surface area contributed by atoms with Crippen LogP contribution in [-0.4, -0.2) is 17.6 Å². The third-order valence-corrected chi connectivity index (χ3v) is 4.26. The van der Waals surface area contributed by atoms with E-state index < -0.39 is 0 Å². The molecule has 6 heteroatoms. The second-order valence-corrected chi connectivity index (χ2v) is 5.70. The van der Waals surface area contributed by atoms with Crippen LogP contribution in [0.1, 0.15) is 21.7 Å². The van der Waals surface area contributed by atoms with Crippen molar-refractivity contribution in [1.82, 2.24) is 0 Å². The number of nitrogens with one attached hydrogen (secondary N) is 1. The summed E-state index contributed by atoms with van der Waals surface area (Å²) < 4.78 is 0. The number of amides is 1. The van der Waals surface area contributed by atoms with Crippen molar-refractivity contribution in [2.75, 3.05) is 11.9 Å². The highest BCUT2D eigenvalue weighted by atomic mass is 35.5. The molecule has 2 aromatic rings. The average molecular weight is 340 g/mol. The molecule has 0 atom stereocenters. The molecule has 0 aliphatic rings. The summed E-state index contributed by atoms with van der Waals surface area (Å²) in [6.45, 7) is -0.00319. The van der Waals surface area contributed by atoms with Crippen LogP contribution in [0.3, 0.4) is 0 Å². The minimum atomic E-state index is -0.289. The molecule has 1 aromatic heterocycles. The summed E-state index contributed by atoms with van der Waals surface area (Å²) >= 11 is 13.2. The summed E-state index contributed by atoms with van der Waals surface area (Å²) in [5.74, 6) is 5.37. The first kappa shape index (κ1) is 15.9. The summed E-state index contributed by atoms with van der Waals surface area (Å²) in [4.78, 5) is 12.8. The molecular weight excluding hydrogens is 329 g/mol. The number of aliphatic hydroxyl groups excluding tert-OH is 1. The van der Waals surface area contributed by atoms with Crippen LogP contribution in [-0.2, 0) is 0 Å². The third kappa shape index (κ3) is 3.99. The van der Waals surface area contributed by atoms with Crippen LogP contribution in [0.4, 0.5) is 5.69 Å². The van der Waals surface area contributed by atoms with E-state index in [1.165, 1.54) is 11.3 Å². The molecule has 0 bridgehead atoms. The average Bonchev–Trinajstić information content (AvgIpc) is 2.93. The van der Waals surface area contributed by atoms with Gasteiger partial charge in [0.2, 0.25) is 0 Å². The largest absolute Gasteiger partial charge is 0.395 e. The van der Waals surface area contributed by atoms with Crippen LogP contribution in [0.15, 0.2) is 29.6 Å². The quantitative estimate of drug-likeness (QED) is 0.829. The fourth-order valence-corrected chi connectivity index (χ4v) is 2.67. The summed E-state index contributed by atoms with van der Waals surface area (Å²) in [5.41, 5.74) is 1.08. The van der Waals surface area contributed by atoms with E-state index in [-0.39, 0.29) is 12.5 Å². The maximum absolute atomic E-state index is 12.3. The van der Waals surface area contributed by atoms with E-state index in [0.717, 1.165) is 0 Å². The number of benzene rings is 1. The molecule has 1 amide bonds. The molecule has 0 spiro atoms. The van der Waals surface area contributed by atoms with Gasteiger partial charge in [0.1, 0.15) is 4.88 Å². The highest BCUT2D eigenvalue weighted by Gasteiger charge is 2.14. The lowest BCUT2D eigenvalue weighted by Gasteiger charge is -2.07. The smallest absolute Gasteiger partial charge is 0.267 e. The Balaban J connectivity index is 2.20. The molecule has 108 valence electrons. The van der Waals surface area contributed by atoms with E-state index in [0.29, 0.717) is 32.6 Å². The first-order valence-electron chi connectivity index (χ1n) is 6.06. The molecule has 0 fully saturated rings. The Kier molecular flexibility index (Phi) is 5.66. The zero-order chi connectivity index (χ0) is 15.2. The molecule has 0 radical (unpaired) electrons. The van der Waals surface area contributed by atoms with Crippen LogP contribution in [0.2, 0.25) is 10.0 Å². The van der Waals surface area contributed by atoms with Crippen molar-refractivity contribution in [3.63, 3.8) is 0 Å². The third-order valence-electron chi connectivity index (χ3n) is 2.53. The SMILES string of the molecule is O=C(Nc1cccc(Cl)c1Cl)c1sccc1C#CCCO. The molecule has 0 aliphatic heterocycles. The normalized spacial score (nSPS) is 9.86. The van der Waals surface area contributed by atoms with Crippen LogP contribution < -0.4 is 5.32 Å². The number of carbonyl (C=O) groups is 1. The molecule has 1 heterocycles. The molecule has 0 saturated carbocycles. The lowest BCUT2D eigenvalue weighted by atomic mass is 10.2. The molecule has 0 unspecified atom stereocenters. The number of hydrogen-bond donors (Lipinski definition) is 2. The van der Waals surface area contributed by atoms with Gasteiger partial charge in [-0.3, -0.25) is 4.79 Å². The number of aliphatic hydroxyl groups is 1. The van der Waals surface area contributed by atoms with E-state index in [1.807, 2.05) is 0 Å². The van der Waals surface area contributed by atoms with Crippen molar-refractivity contribution in [2.24, 2.45) is 0 Å². The van der Waals surface area contributed by atoms with Crippen LogP contribution in [0.25, 0.3) is 0 Å². The van der Waals surface area contributed by atoms with E-state index in [1.54, 1.807) is 29.6 Å². The summed E-state index contributed by atoms with van der Waals surface area (Å²) in [6, 6.07) is 6.80. The van der Waals surface area contributed by atoms with Gasteiger partial charge in [-0.05, 0) is 23.6 Å². The molecule has 2 rings (SSSR count).